The van der Waals surface area contributed by atoms with Crippen molar-refractivity contribution in [3.05, 3.63) is 59.7 Å². The Balaban J connectivity index is 1.29. The molecular weight excluding hydrogens is 409 g/mol. The van der Waals surface area contributed by atoms with Crippen LogP contribution in [0.25, 0.3) is 5.69 Å². The van der Waals surface area contributed by atoms with Crippen LogP contribution in [0.3, 0.4) is 0 Å². The van der Waals surface area contributed by atoms with E-state index in [4.69, 9.17) is 10.00 Å². The molecule has 2 aromatic carbocycles. The molecule has 8 nitrogen and oxygen atoms in total. The maximum absolute atomic E-state index is 13.9. The minimum Gasteiger partial charge on any atom is -0.378 e. The molecule has 0 atom stereocenters. The van der Waals surface area contributed by atoms with Crippen molar-refractivity contribution in [2.24, 2.45) is 0 Å². The molecule has 164 valence electrons. The molecular formula is C23H24FN7O. The molecule has 2 aliphatic rings. The molecule has 9 heteroatoms. The molecule has 2 aliphatic heterocycles. The minimum absolute atomic E-state index is 0.00126. The van der Waals surface area contributed by atoms with E-state index in [0.717, 1.165) is 50.6 Å². The number of rotatable bonds is 5. The fourth-order valence-corrected chi connectivity index (χ4v) is 4.11. The van der Waals surface area contributed by atoms with Gasteiger partial charge >= 0.3 is 0 Å². The fourth-order valence-electron chi connectivity index (χ4n) is 4.11. The van der Waals surface area contributed by atoms with Gasteiger partial charge in [-0.1, -0.05) is 0 Å². The summed E-state index contributed by atoms with van der Waals surface area (Å²) in [5.74, 6) is -0.163. The molecule has 5 rings (SSSR count). The van der Waals surface area contributed by atoms with Gasteiger partial charge in [0.1, 0.15) is 18.2 Å². The monoisotopic (exact) mass is 433 g/mol. The average Bonchev–Trinajstić information content (AvgIpc) is 3.21. The number of ether oxygens (including phenoxy) is 1. The second kappa shape index (κ2) is 8.57. The highest BCUT2D eigenvalue weighted by molar-refractivity contribution is 5.64. The zero-order valence-corrected chi connectivity index (χ0v) is 17.8. The third-order valence-electron chi connectivity index (χ3n) is 5.96. The standard InChI is InChI=1S/C23H24FN7O/c1-16-8-18(10-20(9-16)29-4-6-30(7-5-29)21-13-32-14-21)27-23-26-15-31(28-23)19-3-2-17(12-25)22(24)11-19/h2-3,8-11,15,21H,4-7,13-14H2,1H3,(H,27,28). The Labute approximate surface area is 185 Å². The maximum Gasteiger partial charge on any atom is 0.246 e. The van der Waals surface area contributed by atoms with Gasteiger partial charge in [-0.05, 0) is 42.8 Å². The number of hydrogen-bond acceptors (Lipinski definition) is 7. The smallest absolute Gasteiger partial charge is 0.246 e. The number of nitrogens with zero attached hydrogens (tertiary/aromatic N) is 6. The van der Waals surface area contributed by atoms with Crippen LogP contribution in [0.5, 0.6) is 0 Å². The van der Waals surface area contributed by atoms with E-state index in [1.54, 1.807) is 6.07 Å². The second-order valence-electron chi connectivity index (χ2n) is 8.19. The van der Waals surface area contributed by atoms with Gasteiger partial charge < -0.3 is 15.0 Å². The fraction of sp³-hybridized carbons (Fsp3) is 0.348. The molecule has 3 heterocycles. The molecule has 0 radical (unpaired) electrons. The zero-order valence-electron chi connectivity index (χ0n) is 17.8. The van der Waals surface area contributed by atoms with E-state index >= 15 is 0 Å². The maximum atomic E-state index is 13.9. The largest absolute Gasteiger partial charge is 0.378 e. The van der Waals surface area contributed by atoms with E-state index < -0.39 is 5.82 Å². The Kier molecular flexibility index (Phi) is 5.47. The highest BCUT2D eigenvalue weighted by atomic mass is 19.1. The van der Waals surface area contributed by atoms with Gasteiger partial charge in [0.2, 0.25) is 5.95 Å². The summed E-state index contributed by atoms with van der Waals surface area (Å²) >= 11 is 0. The van der Waals surface area contributed by atoms with Crippen molar-refractivity contribution in [1.82, 2.24) is 19.7 Å². The number of nitrogens with one attached hydrogen (secondary N) is 1. The highest BCUT2D eigenvalue weighted by Gasteiger charge is 2.29. The first-order valence-corrected chi connectivity index (χ1v) is 10.7. The number of aromatic nitrogens is 3. The molecule has 0 amide bonds. The molecule has 0 spiro atoms. The lowest BCUT2D eigenvalue weighted by Gasteiger charge is -2.43. The average molecular weight is 433 g/mol. The molecule has 32 heavy (non-hydrogen) atoms. The summed E-state index contributed by atoms with van der Waals surface area (Å²) < 4.78 is 20.7. The predicted molar refractivity (Wildman–Crippen MR) is 119 cm³/mol. The summed E-state index contributed by atoms with van der Waals surface area (Å²) in [6.07, 6.45) is 1.52. The third-order valence-corrected chi connectivity index (χ3v) is 5.96. The van der Waals surface area contributed by atoms with Gasteiger partial charge in [0.25, 0.3) is 0 Å². The van der Waals surface area contributed by atoms with E-state index in [0.29, 0.717) is 17.7 Å². The molecule has 0 aliphatic carbocycles. The molecule has 1 aromatic heterocycles. The van der Waals surface area contributed by atoms with Crippen LogP contribution in [0.1, 0.15) is 11.1 Å². The van der Waals surface area contributed by atoms with Gasteiger partial charge in [-0.2, -0.15) is 10.2 Å². The summed E-state index contributed by atoms with van der Waals surface area (Å²) in [7, 11) is 0. The van der Waals surface area contributed by atoms with Gasteiger partial charge in [-0.25, -0.2) is 9.07 Å². The van der Waals surface area contributed by atoms with Crippen molar-refractivity contribution < 1.29 is 9.13 Å². The van der Waals surface area contributed by atoms with Crippen LogP contribution in [0, 0.1) is 24.1 Å². The summed E-state index contributed by atoms with van der Waals surface area (Å²) in [6.45, 7) is 7.82. The van der Waals surface area contributed by atoms with Crippen molar-refractivity contribution in [3.63, 3.8) is 0 Å². The quantitative estimate of drug-likeness (QED) is 0.663. The minimum atomic E-state index is -0.580. The first kappa shape index (κ1) is 20.4. The van der Waals surface area contributed by atoms with Gasteiger partial charge in [0.05, 0.1) is 30.5 Å². The van der Waals surface area contributed by atoms with Crippen LogP contribution in [-0.4, -0.2) is 65.1 Å². The van der Waals surface area contributed by atoms with E-state index in [-0.39, 0.29) is 5.56 Å². The van der Waals surface area contributed by atoms with Crippen LogP contribution >= 0.6 is 0 Å². The van der Waals surface area contributed by atoms with E-state index in [2.05, 4.69) is 44.3 Å². The van der Waals surface area contributed by atoms with E-state index in [9.17, 15) is 4.39 Å². The Morgan fingerprint density at radius 2 is 1.91 bits per heavy atom. The van der Waals surface area contributed by atoms with Crippen molar-refractivity contribution >= 4 is 17.3 Å². The van der Waals surface area contributed by atoms with Crippen molar-refractivity contribution in [1.29, 1.82) is 5.26 Å². The van der Waals surface area contributed by atoms with Crippen molar-refractivity contribution in [2.45, 2.75) is 13.0 Å². The van der Waals surface area contributed by atoms with Gasteiger partial charge in [0, 0.05) is 43.6 Å². The number of piperazine rings is 1. The highest BCUT2D eigenvalue weighted by Crippen LogP contribution is 2.26. The SMILES string of the molecule is Cc1cc(Nc2ncn(-c3ccc(C#N)c(F)c3)n2)cc(N2CCN(C3COC3)CC2)c1. The number of benzene rings is 2. The first-order chi connectivity index (χ1) is 15.6. The predicted octanol–water partition coefficient (Wildman–Crippen LogP) is 2.85. The van der Waals surface area contributed by atoms with E-state index in [1.807, 2.05) is 12.1 Å². The Morgan fingerprint density at radius 1 is 1.09 bits per heavy atom. The number of hydrogen-bond donors (Lipinski definition) is 1. The normalized spacial score (nSPS) is 17.1. The lowest BCUT2D eigenvalue weighted by molar-refractivity contribution is -0.0660. The van der Waals surface area contributed by atoms with Gasteiger partial charge in [-0.3, -0.25) is 4.90 Å². The van der Waals surface area contributed by atoms with Crippen LogP contribution in [0.2, 0.25) is 0 Å². The molecule has 0 unspecified atom stereocenters. The van der Waals surface area contributed by atoms with Crippen LogP contribution in [0.15, 0.2) is 42.7 Å². The molecule has 3 aromatic rings. The summed E-state index contributed by atoms with van der Waals surface area (Å²) in [5.41, 5.74) is 3.72. The second-order valence-corrected chi connectivity index (χ2v) is 8.19. The Hall–Kier alpha value is -3.48. The number of halogens is 1. The topological polar surface area (TPSA) is 82.2 Å². The molecule has 0 bridgehead atoms. The zero-order chi connectivity index (χ0) is 22.1. The van der Waals surface area contributed by atoms with E-state index in [1.165, 1.54) is 28.8 Å². The number of nitriles is 1. The van der Waals surface area contributed by atoms with Crippen LogP contribution < -0.4 is 10.2 Å². The lowest BCUT2D eigenvalue weighted by Crippen LogP contribution is -2.56. The Bertz CT molecular complexity index is 1160. The lowest BCUT2D eigenvalue weighted by atomic mass is 10.1. The van der Waals surface area contributed by atoms with Gasteiger partial charge in [-0.15, -0.1) is 5.10 Å². The third kappa shape index (κ3) is 4.15. The number of anilines is 3. The molecule has 2 saturated heterocycles. The van der Waals surface area contributed by atoms with Crippen LogP contribution in [0.4, 0.5) is 21.7 Å². The first-order valence-electron chi connectivity index (χ1n) is 10.7. The molecule has 1 N–H and O–H groups in total. The Morgan fingerprint density at radius 3 is 2.59 bits per heavy atom. The summed E-state index contributed by atoms with van der Waals surface area (Å²) in [6, 6.07) is 13.1. The van der Waals surface area contributed by atoms with Gasteiger partial charge in [0.15, 0.2) is 0 Å². The van der Waals surface area contributed by atoms with Crippen LogP contribution in [-0.2, 0) is 4.74 Å². The summed E-state index contributed by atoms with van der Waals surface area (Å²) in [4.78, 5) is 9.21. The molecule has 0 saturated carbocycles. The molecule has 2 fully saturated rings. The summed E-state index contributed by atoms with van der Waals surface area (Å²) in [5, 5.41) is 16.5. The van der Waals surface area contributed by atoms with Crippen molar-refractivity contribution in [2.75, 3.05) is 49.6 Å². The van der Waals surface area contributed by atoms with Crippen molar-refractivity contribution in [3.8, 4) is 11.8 Å². The number of aryl methyl sites for hydroxylation is 1.